The number of hydrogen-bond acceptors (Lipinski definition) is 3. The Kier molecular flexibility index (Phi) is 1.54. The zero-order valence-electron chi connectivity index (χ0n) is 8.71. The van der Waals surface area contributed by atoms with Gasteiger partial charge in [-0.15, -0.1) is 10.2 Å². The standard InChI is InChI=1S/C12H11N3O/c1-2-4-9-8(3-1)5-10-12(9)15-7-13-14-11(15)6-16-10/h1-4,7,10,12H,5-6H2/t10-,12+/m1/s1. The lowest BCUT2D eigenvalue weighted by atomic mass is 10.1. The van der Waals surface area contributed by atoms with Crippen LogP contribution in [-0.2, 0) is 17.8 Å². The van der Waals surface area contributed by atoms with Crippen LogP contribution in [0.2, 0.25) is 0 Å². The predicted octanol–water partition coefficient (Wildman–Crippen LogP) is 1.32. The minimum atomic E-state index is 0.251. The molecule has 1 aromatic heterocycles. The third kappa shape index (κ3) is 0.971. The molecule has 0 amide bonds. The fraction of sp³-hybridized carbons (Fsp3) is 0.333. The maximum atomic E-state index is 5.85. The van der Waals surface area contributed by atoms with Crippen molar-refractivity contribution >= 4 is 0 Å². The summed E-state index contributed by atoms with van der Waals surface area (Å²) in [4.78, 5) is 0. The number of benzene rings is 1. The maximum absolute atomic E-state index is 5.85. The summed E-state index contributed by atoms with van der Waals surface area (Å²) >= 11 is 0. The molecule has 1 aliphatic carbocycles. The molecule has 2 aliphatic rings. The molecule has 80 valence electrons. The molecule has 0 bridgehead atoms. The van der Waals surface area contributed by atoms with Gasteiger partial charge >= 0.3 is 0 Å². The van der Waals surface area contributed by atoms with E-state index in [2.05, 4.69) is 39.0 Å². The third-order valence-corrected chi connectivity index (χ3v) is 3.52. The van der Waals surface area contributed by atoms with Gasteiger partial charge in [-0.2, -0.15) is 0 Å². The molecule has 4 rings (SSSR count). The van der Waals surface area contributed by atoms with Crippen LogP contribution in [0.4, 0.5) is 0 Å². The minimum absolute atomic E-state index is 0.251. The highest BCUT2D eigenvalue weighted by atomic mass is 16.5. The van der Waals surface area contributed by atoms with E-state index in [0.29, 0.717) is 6.61 Å². The lowest BCUT2D eigenvalue weighted by Crippen LogP contribution is -2.30. The van der Waals surface area contributed by atoms with Gasteiger partial charge in [0.2, 0.25) is 0 Å². The molecule has 4 nitrogen and oxygen atoms in total. The second kappa shape index (κ2) is 2.92. The van der Waals surface area contributed by atoms with E-state index in [1.807, 2.05) is 6.33 Å². The molecule has 0 spiro atoms. The quantitative estimate of drug-likeness (QED) is 0.662. The second-order valence-electron chi connectivity index (χ2n) is 4.35. The van der Waals surface area contributed by atoms with Gasteiger partial charge in [0, 0.05) is 6.42 Å². The van der Waals surface area contributed by atoms with Crippen LogP contribution in [0.25, 0.3) is 0 Å². The first-order chi connectivity index (χ1) is 7.93. The Labute approximate surface area is 92.9 Å². The molecule has 0 fully saturated rings. The van der Waals surface area contributed by atoms with Crippen molar-refractivity contribution in [3.05, 3.63) is 47.5 Å². The largest absolute Gasteiger partial charge is 0.367 e. The van der Waals surface area contributed by atoms with E-state index < -0.39 is 0 Å². The van der Waals surface area contributed by atoms with E-state index >= 15 is 0 Å². The molecule has 4 heteroatoms. The lowest BCUT2D eigenvalue weighted by molar-refractivity contribution is -0.00467. The van der Waals surface area contributed by atoms with Gasteiger partial charge in [-0.3, -0.25) is 0 Å². The van der Waals surface area contributed by atoms with Crippen LogP contribution in [0.5, 0.6) is 0 Å². The normalized spacial score (nSPS) is 26.0. The summed E-state index contributed by atoms with van der Waals surface area (Å²) in [6.07, 6.45) is 3.07. The molecule has 0 saturated heterocycles. The van der Waals surface area contributed by atoms with Gasteiger partial charge in [-0.25, -0.2) is 0 Å². The molecule has 16 heavy (non-hydrogen) atoms. The Morgan fingerprint density at radius 2 is 2.25 bits per heavy atom. The third-order valence-electron chi connectivity index (χ3n) is 3.52. The molecular weight excluding hydrogens is 202 g/mol. The maximum Gasteiger partial charge on any atom is 0.159 e. The van der Waals surface area contributed by atoms with Crippen molar-refractivity contribution in [3.8, 4) is 0 Å². The average molecular weight is 213 g/mol. The van der Waals surface area contributed by atoms with Crippen LogP contribution in [0, 0.1) is 0 Å². The van der Waals surface area contributed by atoms with Crippen LogP contribution in [-0.4, -0.2) is 20.9 Å². The van der Waals surface area contributed by atoms with Crippen LogP contribution in [0.3, 0.4) is 0 Å². The molecule has 0 radical (unpaired) electrons. The van der Waals surface area contributed by atoms with E-state index in [1.165, 1.54) is 11.1 Å². The summed E-state index contributed by atoms with van der Waals surface area (Å²) in [7, 11) is 0. The lowest BCUT2D eigenvalue weighted by Gasteiger charge is -2.27. The smallest absolute Gasteiger partial charge is 0.159 e. The first-order valence-corrected chi connectivity index (χ1v) is 5.51. The number of aromatic nitrogens is 3. The van der Waals surface area contributed by atoms with Crippen LogP contribution >= 0.6 is 0 Å². The van der Waals surface area contributed by atoms with Crippen LogP contribution < -0.4 is 0 Å². The molecule has 0 unspecified atom stereocenters. The van der Waals surface area contributed by atoms with E-state index in [0.717, 1.165) is 12.2 Å². The van der Waals surface area contributed by atoms with Gasteiger partial charge in [-0.1, -0.05) is 24.3 Å². The van der Waals surface area contributed by atoms with Crippen molar-refractivity contribution in [3.63, 3.8) is 0 Å². The molecule has 2 aromatic rings. The zero-order valence-corrected chi connectivity index (χ0v) is 8.71. The summed E-state index contributed by atoms with van der Waals surface area (Å²) in [5.74, 6) is 0.929. The van der Waals surface area contributed by atoms with Gasteiger partial charge in [0.25, 0.3) is 0 Å². The van der Waals surface area contributed by atoms with E-state index in [4.69, 9.17) is 4.74 Å². The van der Waals surface area contributed by atoms with Crippen molar-refractivity contribution in [2.24, 2.45) is 0 Å². The van der Waals surface area contributed by atoms with Gasteiger partial charge in [0.1, 0.15) is 12.9 Å². The van der Waals surface area contributed by atoms with Gasteiger partial charge in [0.05, 0.1) is 12.1 Å². The number of fused-ring (bicyclic) bond motifs is 5. The number of rotatable bonds is 0. The summed E-state index contributed by atoms with van der Waals surface area (Å²) in [6, 6.07) is 8.80. The van der Waals surface area contributed by atoms with E-state index in [-0.39, 0.29) is 12.1 Å². The molecule has 0 N–H and O–H groups in total. The Morgan fingerprint density at radius 1 is 1.31 bits per heavy atom. The Balaban J connectivity index is 1.92. The predicted molar refractivity (Wildman–Crippen MR) is 56.9 cm³/mol. The van der Waals surface area contributed by atoms with Crippen molar-refractivity contribution in [2.45, 2.75) is 25.2 Å². The highest BCUT2D eigenvalue weighted by Crippen LogP contribution is 2.39. The summed E-state index contributed by atoms with van der Waals surface area (Å²) in [5.41, 5.74) is 2.74. The molecule has 2 atom stereocenters. The van der Waals surface area contributed by atoms with Crippen molar-refractivity contribution in [1.29, 1.82) is 0 Å². The zero-order chi connectivity index (χ0) is 10.5. The van der Waals surface area contributed by atoms with Crippen molar-refractivity contribution < 1.29 is 4.74 Å². The fourth-order valence-corrected chi connectivity index (χ4v) is 2.80. The molecule has 2 heterocycles. The summed E-state index contributed by atoms with van der Waals surface area (Å²) < 4.78 is 8.00. The fourth-order valence-electron chi connectivity index (χ4n) is 2.80. The van der Waals surface area contributed by atoms with Crippen LogP contribution in [0.1, 0.15) is 23.0 Å². The first-order valence-electron chi connectivity index (χ1n) is 5.51. The van der Waals surface area contributed by atoms with Gasteiger partial charge < -0.3 is 9.30 Å². The van der Waals surface area contributed by atoms with Crippen molar-refractivity contribution in [1.82, 2.24) is 14.8 Å². The first kappa shape index (κ1) is 8.47. The summed E-state index contributed by atoms with van der Waals surface area (Å²) in [6.45, 7) is 0.579. The number of ether oxygens (including phenoxy) is 1. The van der Waals surface area contributed by atoms with Crippen LogP contribution in [0.15, 0.2) is 30.6 Å². The van der Waals surface area contributed by atoms with E-state index in [1.54, 1.807) is 0 Å². The monoisotopic (exact) mass is 213 g/mol. The molecule has 0 saturated carbocycles. The number of hydrogen-bond donors (Lipinski definition) is 0. The second-order valence-corrected chi connectivity index (χ2v) is 4.35. The molecule has 1 aromatic carbocycles. The Morgan fingerprint density at radius 3 is 3.25 bits per heavy atom. The van der Waals surface area contributed by atoms with E-state index in [9.17, 15) is 0 Å². The average Bonchev–Trinajstić information content (AvgIpc) is 2.91. The van der Waals surface area contributed by atoms with Crippen molar-refractivity contribution in [2.75, 3.05) is 0 Å². The molecular formula is C12H11N3O. The highest BCUT2D eigenvalue weighted by molar-refractivity contribution is 5.38. The molecule has 1 aliphatic heterocycles. The SMILES string of the molecule is c1ccc2c(c1)C[C@H]1OCc3nncn3[C@@H]21. The Bertz CT molecular complexity index is 549. The van der Waals surface area contributed by atoms with Gasteiger partial charge in [0.15, 0.2) is 5.82 Å². The topological polar surface area (TPSA) is 39.9 Å². The highest BCUT2D eigenvalue weighted by Gasteiger charge is 2.38. The summed E-state index contributed by atoms with van der Waals surface area (Å²) in [5, 5.41) is 8.05. The van der Waals surface area contributed by atoms with Gasteiger partial charge in [-0.05, 0) is 11.1 Å². The Hall–Kier alpha value is -1.68. The number of nitrogens with zero attached hydrogens (tertiary/aromatic N) is 3. The minimum Gasteiger partial charge on any atom is -0.367 e.